The van der Waals surface area contributed by atoms with Gasteiger partial charge in [-0.1, -0.05) is 20.8 Å². The quantitative estimate of drug-likeness (QED) is 0.862. The maximum Gasteiger partial charge on any atom is 0.408 e. The van der Waals surface area contributed by atoms with E-state index in [1.165, 1.54) is 0 Å². The third-order valence-corrected chi connectivity index (χ3v) is 4.37. The molecular weight excluding hydrogens is 292 g/mol. The predicted molar refractivity (Wildman–Crippen MR) is 92.2 cm³/mol. The highest BCUT2D eigenvalue weighted by Gasteiger charge is 2.32. The summed E-state index contributed by atoms with van der Waals surface area (Å²) in [6.45, 7) is 14.5. The number of hydrogen-bond donors (Lipinski definition) is 1. The molecule has 1 rings (SSSR count). The lowest BCUT2D eigenvalue weighted by atomic mass is 9.95. The maximum atomic E-state index is 12.8. The van der Waals surface area contributed by atoms with Crippen LogP contribution in [-0.4, -0.2) is 41.1 Å². The van der Waals surface area contributed by atoms with Gasteiger partial charge in [-0.25, -0.2) is 4.79 Å². The van der Waals surface area contributed by atoms with E-state index in [1.54, 1.807) is 6.92 Å². The molecule has 1 aliphatic rings. The standard InChI is InChI=1S/C18H34N2O3/c1-12(2)15-9-8-13(3)10-11-20(15)16(21)14(4)19-17(22)23-18(5,6)7/h12-15H,8-11H2,1-7H3,(H,19,22). The fourth-order valence-corrected chi connectivity index (χ4v) is 3.04. The topological polar surface area (TPSA) is 58.6 Å². The van der Waals surface area contributed by atoms with E-state index in [-0.39, 0.29) is 11.9 Å². The first-order valence-corrected chi connectivity index (χ1v) is 8.81. The maximum absolute atomic E-state index is 12.8. The van der Waals surface area contributed by atoms with Gasteiger partial charge in [0.05, 0.1) is 0 Å². The number of likely N-dealkylation sites (tertiary alicyclic amines) is 1. The number of ether oxygens (including phenoxy) is 1. The summed E-state index contributed by atoms with van der Waals surface area (Å²) in [4.78, 5) is 26.7. The van der Waals surface area contributed by atoms with Crippen LogP contribution in [-0.2, 0) is 9.53 Å². The molecule has 0 aliphatic carbocycles. The van der Waals surface area contributed by atoms with E-state index < -0.39 is 17.7 Å². The summed E-state index contributed by atoms with van der Waals surface area (Å²) in [7, 11) is 0. The monoisotopic (exact) mass is 326 g/mol. The minimum absolute atomic E-state index is 0.0105. The highest BCUT2D eigenvalue weighted by atomic mass is 16.6. The van der Waals surface area contributed by atoms with Crippen molar-refractivity contribution < 1.29 is 14.3 Å². The Kier molecular flexibility index (Phi) is 6.90. The number of amides is 2. The van der Waals surface area contributed by atoms with Crippen molar-refractivity contribution in [2.45, 2.75) is 85.4 Å². The minimum atomic E-state index is -0.570. The Hall–Kier alpha value is -1.26. The summed E-state index contributed by atoms with van der Waals surface area (Å²) in [5, 5.41) is 2.67. The van der Waals surface area contributed by atoms with Crippen molar-refractivity contribution in [3.8, 4) is 0 Å². The van der Waals surface area contributed by atoms with Crippen molar-refractivity contribution in [2.24, 2.45) is 11.8 Å². The van der Waals surface area contributed by atoms with Gasteiger partial charge in [0.15, 0.2) is 0 Å². The van der Waals surface area contributed by atoms with Gasteiger partial charge < -0.3 is 15.0 Å². The van der Waals surface area contributed by atoms with Crippen molar-refractivity contribution in [3.05, 3.63) is 0 Å². The first-order valence-electron chi connectivity index (χ1n) is 8.81. The van der Waals surface area contributed by atoms with E-state index in [0.717, 1.165) is 25.8 Å². The highest BCUT2D eigenvalue weighted by molar-refractivity contribution is 5.85. The number of rotatable bonds is 3. The summed E-state index contributed by atoms with van der Waals surface area (Å²) >= 11 is 0. The molecule has 1 heterocycles. The van der Waals surface area contributed by atoms with E-state index in [0.29, 0.717) is 11.8 Å². The molecule has 0 saturated carbocycles. The fraction of sp³-hybridized carbons (Fsp3) is 0.889. The van der Waals surface area contributed by atoms with Gasteiger partial charge in [-0.15, -0.1) is 0 Å². The lowest BCUT2D eigenvalue weighted by molar-refractivity contribution is -0.136. The molecule has 3 unspecified atom stereocenters. The van der Waals surface area contributed by atoms with Crippen molar-refractivity contribution in [1.29, 1.82) is 0 Å². The number of carbonyl (C=O) groups excluding carboxylic acids is 2. The second-order valence-corrected chi connectivity index (χ2v) is 8.18. The van der Waals surface area contributed by atoms with Gasteiger partial charge in [-0.2, -0.15) is 0 Å². The lowest BCUT2D eigenvalue weighted by Crippen LogP contribution is -2.52. The Morgan fingerprint density at radius 2 is 1.74 bits per heavy atom. The molecule has 1 aliphatic heterocycles. The summed E-state index contributed by atoms with van der Waals surface area (Å²) in [6, 6.07) is -0.324. The van der Waals surface area contributed by atoms with Gasteiger partial charge in [0.25, 0.3) is 0 Å². The molecule has 1 saturated heterocycles. The van der Waals surface area contributed by atoms with Crippen LogP contribution in [0.4, 0.5) is 4.79 Å². The molecule has 5 heteroatoms. The summed E-state index contributed by atoms with van der Waals surface area (Å²) in [5.74, 6) is 1.05. The SMILES string of the molecule is CC1CCC(C(C)C)N(C(=O)C(C)NC(=O)OC(C)(C)C)CC1. The zero-order valence-corrected chi connectivity index (χ0v) is 15.8. The molecule has 0 radical (unpaired) electrons. The molecule has 1 N–H and O–H groups in total. The number of nitrogens with one attached hydrogen (secondary N) is 1. The zero-order chi connectivity index (χ0) is 17.8. The van der Waals surface area contributed by atoms with Crippen LogP contribution in [0.1, 0.15) is 67.7 Å². The van der Waals surface area contributed by atoms with E-state index in [2.05, 4.69) is 26.1 Å². The average molecular weight is 326 g/mol. The molecule has 0 spiro atoms. The van der Waals surface area contributed by atoms with Crippen LogP contribution in [0.5, 0.6) is 0 Å². The van der Waals surface area contributed by atoms with Gasteiger partial charge in [-0.05, 0) is 58.8 Å². The van der Waals surface area contributed by atoms with Gasteiger partial charge in [0.2, 0.25) is 5.91 Å². The Labute approximate surface area is 141 Å². The fourth-order valence-electron chi connectivity index (χ4n) is 3.04. The van der Waals surface area contributed by atoms with Crippen LogP contribution in [0.2, 0.25) is 0 Å². The van der Waals surface area contributed by atoms with E-state index >= 15 is 0 Å². The molecule has 134 valence electrons. The third-order valence-electron chi connectivity index (χ3n) is 4.37. The Morgan fingerprint density at radius 1 is 1.13 bits per heavy atom. The minimum Gasteiger partial charge on any atom is -0.444 e. The third kappa shape index (κ3) is 6.40. The normalized spacial score (nSPS) is 24.1. The lowest BCUT2D eigenvalue weighted by Gasteiger charge is -2.35. The largest absolute Gasteiger partial charge is 0.444 e. The predicted octanol–water partition coefficient (Wildman–Crippen LogP) is 3.57. The van der Waals surface area contributed by atoms with Crippen LogP contribution < -0.4 is 5.32 Å². The van der Waals surface area contributed by atoms with E-state index in [9.17, 15) is 9.59 Å². The second kappa shape index (κ2) is 8.02. The van der Waals surface area contributed by atoms with Crippen LogP contribution in [0, 0.1) is 11.8 Å². The summed E-state index contributed by atoms with van der Waals surface area (Å²) in [6.07, 6.45) is 2.67. The zero-order valence-electron chi connectivity index (χ0n) is 15.8. The van der Waals surface area contributed by atoms with Crippen LogP contribution in [0.15, 0.2) is 0 Å². The first kappa shape index (κ1) is 19.8. The van der Waals surface area contributed by atoms with Gasteiger partial charge in [0.1, 0.15) is 11.6 Å². The molecule has 0 bridgehead atoms. The van der Waals surface area contributed by atoms with Crippen molar-refractivity contribution in [1.82, 2.24) is 10.2 Å². The average Bonchev–Trinajstić information content (AvgIpc) is 2.57. The van der Waals surface area contributed by atoms with Crippen molar-refractivity contribution >= 4 is 12.0 Å². The molecule has 0 aromatic carbocycles. The second-order valence-electron chi connectivity index (χ2n) is 8.18. The summed E-state index contributed by atoms with van der Waals surface area (Å²) in [5.41, 5.74) is -0.564. The van der Waals surface area contributed by atoms with Gasteiger partial charge >= 0.3 is 6.09 Å². The van der Waals surface area contributed by atoms with Gasteiger partial charge in [-0.3, -0.25) is 4.79 Å². The number of carbonyl (C=O) groups is 2. The Balaban J connectivity index is 2.73. The van der Waals surface area contributed by atoms with Crippen molar-refractivity contribution in [2.75, 3.05) is 6.54 Å². The highest BCUT2D eigenvalue weighted by Crippen LogP contribution is 2.26. The first-order chi connectivity index (χ1) is 10.5. The van der Waals surface area contributed by atoms with Crippen LogP contribution >= 0.6 is 0 Å². The molecule has 0 aromatic heterocycles. The molecule has 3 atom stereocenters. The number of hydrogen-bond acceptors (Lipinski definition) is 3. The molecule has 2 amide bonds. The van der Waals surface area contributed by atoms with Crippen LogP contribution in [0.3, 0.4) is 0 Å². The van der Waals surface area contributed by atoms with E-state index in [4.69, 9.17) is 4.74 Å². The molecule has 5 nitrogen and oxygen atoms in total. The molecule has 23 heavy (non-hydrogen) atoms. The molecular formula is C18H34N2O3. The van der Waals surface area contributed by atoms with E-state index in [1.807, 2.05) is 25.7 Å². The van der Waals surface area contributed by atoms with Gasteiger partial charge in [0, 0.05) is 12.6 Å². The smallest absolute Gasteiger partial charge is 0.408 e. The Bertz CT molecular complexity index is 415. The number of nitrogens with zero attached hydrogens (tertiary/aromatic N) is 1. The van der Waals surface area contributed by atoms with Crippen molar-refractivity contribution in [3.63, 3.8) is 0 Å². The summed E-state index contributed by atoms with van der Waals surface area (Å²) < 4.78 is 5.24. The molecule has 0 aromatic rings. The number of alkyl carbamates (subject to hydrolysis) is 1. The van der Waals surface area contributed by atoms with Crippen LogP contribution in [0.25, 0.3) is 0 Å². The Morgan fingerprint density at radius 3 is 2.26 bits per heavy atom. The molecule has 1 fully saturated rings.